The summed E-state index contributed by atoms with van der Waals surface area (Å²) in [5.74, 6) is -1.28. The molecule has 2 fully saturated rings. The van der Waals surface area contributed by atoms with E-state index in [2.05, 4.69) is 11.9 Å². The summed E-state index contributed by atoms with van der Waals surface area (Å²) in [6.45, 7) is 5.98. The first kappa shape index (κ1) is 22.8. The molecule has 4 atom stereocenters. The Hall–Kier alpha value is -3.39. The summed E-state index contributed by atoms with van der Waals surface area (Å²) in [6.07, 6.45) is 0.576. The first-order valence-corrected chi connectivity index (χ1v) is 11.1. The third kappa shape index (κ3) is 4.57. The Morgan fingerprint density at radius 1 is 1.24 bits per heavy atom. The molecule has 1 saturated heterocycles. The average molecular weight is 453 g/mol. The Kier molecular flexibility index (Phi) is 6.37. The third-order valence-electron chi connectivity index (χ3n) is 6.40. The highest BCUT2D eigenvalue weighted by atomic mass is 16.5. The van der Waals surface area contributed by atoms with E-state index >= 15 is 0 Å². The smallest absolute Gasteiger partial charge is 0.408 e. The highest BCUT2D eigenvalue weighted by Crippen LogP contribution is 2.45. The van der Waals surface area contributed by atoms with Gasteiger partial charge in [0, 0.05) is 12.3 Å². The van der Waals surface area contributed by atoms with Crippen LogP contribution in [0, 0.1) is 5.92 Å². The summed E-state index contributed by atoms with van der Waals surface area (Å²) in [6, 6.07) is 13.1. The molecule has 8 nitrogen and oxygen atoms in total. The molecule has 1 heterocycles. The lowest BCUT2D eigenvalue weighted by Gasteiger charge is -2.24. The first-order valence-electron chi connectivity index (χ1n) is 11.1. The maximum atomic E-state index is 13.0. The molecule has 0 bridgehead atoms. The minimum absolute atomic E-state index is 0.0816. The van der Waals surface area contributed by atoms with Gasteiger partial charge in [-0.15, -0.1) is 6.58 Å². The second-order valence-corrected chi connectivity index (χ2v) is 8.53. The first-order chi connectivity index (χ1) is 15.9. The molecule has 4 unspecified atom stereocenters. The molecule has 0 radical (unpaired) electrons. The SMILES string of the molecule is C=CC1CC1(NC(=O)C1CC(OCc2ccc3ccccc3c2)CN1C(=O)O)C(=O)OCC. The number of benzene rings is 2. The number of esters is 1. The van der Waals surface area contributed by atoms with Crippen molar-refractivity contribution < 1.29 is 29.0 Å². The van der Waals surface area contributed by atoms with E-state index in [1.165, 1.54) is 0 Å². The molecule has 4 rings (SSSR count). The number of rotatable bonds is 8. The van der Waals surface area contributed by atoms with Crippen LogP contribution in [-0.4, -0.2) is 58.8 Å². The molecule has 1 aliphatic carbocycles. The molecule has 174 valence electrons. The zero-order valence-electron chi connectivity index (χ0n) is 18.5. The molecule has 2 aliphatic rings. The molecule has 0 spiro atoms. The summed E-state index contributed by atoms with van der Waals surface area (Å²) >= 11 is 0. The predicted molar refractivity (Wildman–Crippen MR) is 121 cm³/mol. The minimum Gasteiger partial charge on any atom is -0.465 e. The molecular weight excluding hydrogens is 424 g/mol. The van der Waals surface area contributed by atoms with Gasteiger partial charge in [-0.05, 0) is 35.7 Å². The van der Waals surface area contributed by atoms with Gasteiger partial charge in [-0.25, -0.2) is 9.59 Å². The quantitative estimate of drug-likeness (QED) is 0.471. The van der Waals surface area contributed by atoms with Gasteiger partial charge in [0.2, 0.25) is 5.91 Å². The zero-order valence-corrected chi connectivity index (χ0v) is 18.5. The van der Waals surface area contributed by atoms with Crippen LogP contribution in [0.5, 0.6) is 0 Å². The van der Waals surface area contributed by atoms with E-state index in [1.54, 1.807) is 13.0 Å². The number of ether oxygens (including phenoxy) is 2. The number of nitrogens with one attached hydrogen (secondary N) is 1. The van der Waals surface area contributed by atoms with Crippen LogP contribution < -0.4 is 5.32 Å². The molecule has 2 aromatic carbocycles. The van der Waals surface area contributed by atoms with Crippen molar-refractivity contribution in [3.63, 3.8) is 0 Å². The lowest BCUT2D eigenvalue weighted by molar-refractivity contribution is -0.149. The Bertz CT molecular complexity index is 1090. The number of hydrogen-bond acceptors (Lipinski definition) is 5. The van der Waals surface area contributed by atoms with Crippen molar-refractivity contribution in [3.8, 4) is 0 Å². The fraction of sp³-hybridized carbons (Fsp3) is 0.400. The molecule has 1 saturated carbocycles. The van der Waals surface area contributed by atoms with E-state index in [9.17, 15) is 19.5 Å². The van der Waals surface area contributed by atoms with Gasteiger partial charge in [-0.3, -0.25) is 9.69 Å². The highest BCUT2D eigenvalue weighted by Gasteiger charge is 2.62. The maximum Gasteiger partial charge on any atom is 0.408 e. The normalized spacial score (nSPS) is 26.1. The van der Waals surface area contributed by atoms with Gasteiger partial charge >= 0.3 is 12.1 Å². The van der Waals surface area contributed by atoms with Crippen LogP contribution >= 0.6 is 0 Å². The van der Waals surface area contributed by atoms with Gasteiger partial charge in [0.1, 0.15) is 11.6 Å². The molecule has 1 aliphatic heterocycles. The van der Waals surface area contributed by atoms with Gasteiger partial charge in [-0.1, -0.05) is 42.5 Å². The number of amides is 2. The van der Waals surface area contributed by atoms with E-state index in [1.807, 2.05) is 42.5 Å². The Balaban J connectivity index is 1.41. The molecular formula is C25H28N2O6. The van der Waals surface area contributed by atoms with Crippen molar-refractivity contribution in [2.75, 3.05) is 13.2 Å². The number of fused-ring (bicyclic) bond motifs is 1. The largest absolute Gasteiger partial charge is 0.465 e. The minimum atomic E-state index is -1.20. The molecule has 33 heavy (non-hydrogen) atoms. The molecule has 2 aromatic rings. The number of carboxylic acid groups (broad SMARTS) is 1. The topological polar surface area (TPSA) is 105 Å². The van der Waals surface area contributed by atoms with E-state index in [0.29, 0.717) is 13.0 Å². The Morgan fingerprint density at radius 3 is 2.67 bits per heavy atom. The van der Waals surface area contributed by atoms with Crippen molar-refractivity contribution in [2.45, 2.75) is 44.1 Å². The fourth-order valence-electron chi connectivity index (χ4n) is 4.49. The van der Waals surface area contributed by atoms with Gasteiger partial charge in [0.15, 0.2) is 0 Å². The standard InChI is InChI=1S/C25H28N2O6/c1-3-19-13-25(19,23(29)32-4-2)26-22(28)21-12-20(14-27(21)24(30)31)33-15-16-9-10-17-7-5-6-8-18(17)11-16/h3,5-11,19-21H,1,4,12-15H2,2H3,(H,26,28)(H,30,31). The summed E-state index contributed by atoms with van der Waals surface area (Å²) in [7, 11) is 0. The number of carbonyl (C=O) groups excluding carboxylic acids is 2. The number of carbonyl (C=O) groups is 3. The van der Waals surface area contributed by atoms with Crippen molar-refractivity contribution in [1.29, 1.82) is 0 Å². The lowest BCUT2D eigenvalue weighted by atomic mass is 10.1. The molecule has 2 N–H and O–H groups in total. The second kappa shape index (κ2) is 9.23. The molecule has 2 amide bonds. The van der Waals surface area contributed by atoms with Crippen LogP contribution in [0.15, 0.2) is 55.1 Å². The monoisotopic (exact) mass is 452 g/mol. The van der Waals surface area contributed by atoms with E-state index < -0.39 is 35.7 Å². The number of likely N-dealkylation sites (tertiary alicyclic amines) is 1. The van der Waals surface area contributed by atoms with E-state index in [0.717, 1.165) is 21.2 Å². The van der Waals surface area contributed by atoms with Crippen LogP contribution in [0.2, 0.25) is 0 Å². The predicted octanol–water partition coefficient (Wildman–Crippen LogP) is 3.10. The van der Waals surface area contributed by atoms with Crippen molar-refractivity contribution in [1.82, 2.24) is 10.2 Å². The van der Waals surface area contributed by atoms with Crippen molar-refractivity contribution in [3.05, 3.63) is 60.7 Å². The van der Waals surface area contributed by atoms with Gasteiger partial charge in [0.05, 0.1) is 25.9 Å². The summed E-state index contributed by atoms with van der Waals surface area (Å²) in [5.41, 5.74) is -0.195. The lowest BCUT2D eigenvalue weighted by Crippen LogP contribution is -2.53. The van der Waals surface area contributed by atoms with Crippen molar-refractivity contribution in [2.24, 2.45) is 5.92 Å². The summed E-state index contributed by atoms with van der Waals surface area (Å²) in [5, 5.41) is 14.6. The van der Waals surface area contributed by atoms with E-state index in [-0.39, 0.29) is 25.5 Å². The second-order valence-electron chi connectivity index (χ2n) is 8.53. The summed E-state index contributed by atoms with van der Waals surface area (Å²) < 4.78 is 11.1. The Labute approximate surface area is 192 Å². The average Bonchev–Trinajstić information content (AvgIpc) is 3.35. The highest BCUT2D eigenvalue weighted by molar-refractivity contribution is 5.94. The van der Waals surface area contributed by atoms with Gasteiger partial charge in [-0.2, -0.15) is 0 Å². The van der Waals surface area contributed by atoms with E-state index in [4.69, 9.17) is 9.47 Å². The van der Waals surface area contributed by atoms with Crippen LogP contribution in [0.3, 0.4) is 0 Å². The Morgan fingerprint density at radius 2 is 2.00 bits per heavy atom. The van der Waals surface area contributed by atoms with Crippen LogP contribution in [0.1, 0.15) is 25.3 Å². The van der Waals surface area contributed by atoms with Crippen LogP contribution in [-0.2, 0) is 25.7 Å². The summed E-state index contributed by atoms with van der Waals surface area (Å²) in [4.78, 5) is 38.4. The molecule has 0 aromatic heterocycles. The zero-order chi connectivity index (χ0) is 23.6. The number of nitrogens with zero attached hydrogens (tertiary/aromatic N) is 1. The van der Waals surface area contributed by atoms with Crippen molar-refractivity contribution >= 4 is 28.7 Å². The number of hydrogen-bond donors (Lipinski definition) is 2. The van der Waals surface area contributed by atoms with Crippen LogP contribution in [0.25, 0.3) is 10.8 Å². The van der Waals surface area contributed by atoms with Crippen LogP contribution in [0.4, 0.5) is 4.79 Å². The maximum absolute atomic E-state index is 13.0. The third-order valence-corrected chi connectivity index (χ3v) is 6.40. The van der Waals surface area contributed by atoms with Gasteiger partial charge in [0.25, 0.3) is 0 Å². The fourth-order valence-corrected chi connectivity index (χ4v) is 4.49. The van der Waals surface area contributed by atoms with Gasteiger partial charge < -0.3 is 19.9 Å². The molecule has 8 heteroatoms.